The smallest absolute Gasteiger partial charge is 0.410 e. The number of nitrogens with zero attached hydrogens (tertiary/aromatic N) is 1. The molecular weight excluding hydrogens is 411 g/mol. The van der Waals surface area contributed by atoms with Crippen molar-refractivity contribution in [3.8, 4) is 0 Å². The van der Waals surface area contributed by atoms with Gasteiger partial charge in [-0.2, -0.15) is 0 Å². The van der Waals surface area contributed by atoms with Crippen molar-refractivity contribution in [3.05, 3.63) is 34.5 Å². The fourth-order valence-corrected chi connectivity index (χ4v) is 4.70. The molecule has 0 bridgehead atoms. The standard InChI is InChI=1S/C21H27FN2O5S/c1-20(2,3)29-19(27)24-11-21(12-24,8-9-25)23-18(26)17-13(10-28-4)16-14(22)6-5-7-15(16)30-17/h5-7,25H,8-12H2,1-4H3,(H,23,26). The molecule has 1 aliphatic rings. The van der Waals surface area contributed by atoms with E-state index in [2.05, 4.69) is 5.32 Å². The van der Waals surface area contributed by atoms with Crippen molar-refractivity contribution in [2.75, 3.05) is 26.8 Å². The predicted molar refractivity (Wildman–Crippen MR) is 112 cm³/mol. The predicted octanol–water partition coefficient (Wildman–Crippen LogP) is 3.29. The molecule has 1 aromatic heterocycles. The molecule has 0 spiro atoms. The number of likely N-dealkylation sites (tertiary alicyclic amines) is 1. The first-order valence-corrected chi connectivity index (χ1v) is 10.5. The minimum Gasteiger partial charge on any atom is -0.444 e. The van der Waals surface area contributed by atoms with Gasteiger partial charge in [0, 0.05) is 42.5 Å². The van der Waals surface area contributed by atoms with E-state index in [0.717, 1.165) is 0 Å². The number of hydrogen-bond donors (Lipinski definition) is 2. The highest BCUT2D eigenvalue weighted by atomic mass is 32.1. The lowest BCUT2D eigenvalue weighted by atomic mass is 9.86. The number of methoxy groups -OCH3 is 1. The number of nitrogens with one attached hydrogen (secondary N) is 1. The summed E-state index contributed by atoms with van der Waals surface area (Å²) in [4.78, 5) is 27.2. The van der Waals surface area contributed by atoms with E-state index in [1.807, 2.05) is 0 Å². The Labute approximate surface area is 178 Å². The molecule has 1 saturated heterocycles. The SMILES string of the molecule is COCc1c(C(=O)NC2(CCO)CN(C(=O)OC(C)(C)C)C2)sc2cccc(F)c12. The number of amides is 2. The van der Waals surface area contributed by atoms with Crippen molar-refractivity contribution in [2.45, 2.75) is 44.9 Å². The van der Waals surface area contributed by atoms with Gasteiger partial charge in [-0.25, -0.2) is 9.18 Å². The minimum atomic E-state index is -0.762. The maximum absolute atomic E-state index is 14.4. The van der Waals surface area contributed by atoms with E-state index in [-0.39, 0.29) is 38.6 Å². The van der Waals surface area contributed by atoms with Gasteiger partial charge in [-0.3, -0.25) is 4.79 Å². The Hall–Kier alpha value is -2.23. The molecular formula is C21H27FN2O5S. The molecule has 2 amide bonds. The van der Waals surface area contributed by atoms with E-state index in [1.54, 1.807) is 32.9 Å². The van der Waals surface area contributed by atoms with E-state index in [9.17, 15) is 19.1 Å². The molecule has 2 aromatic rings. The molecule has 3 rings (SSSR count). The third-order valence-corrected chi connectivity index (χ3v) is 6.06. The topological polar surface area (TPSA) is 88.1 Å². The molecule has 0 radical (unpaired) electrons. The molecule has 1 aromatic carbocycles. The van der Waals surface area contributed by atoms with E-state index in [1.165, 1.54) is 29.4 Å². The van der Waals surface area contributed by atoms with Crippen molar-refractivity contribution in [1.29, 1.82) is 0 Å². The number of rotatable bonds is 6. The Balaban J connectivity index is 1.81. The fourth-order valence-electron chi connectivity index (χ4n) is 3.58. The zero-order valence-electron chi connectivity index (χ0n) is 17.6. The van der Waals surface area contributed by atoms with Crippen LogP contribution in [0.15, 0.2) is 18.2 Å². The maximum Gasteiger partial charge on any atom is 0.410 e. The number of aliphatic hydroxyl groups excluding tert-OH is 1. The molecule has 9 heteroatoms. The molecule has 0 saturated carbocycles. The van der Waals surface area contributed by atoms with Crippen LogP contribution in [0.25, 0.3) is 10.1 Å². The van der Waals surface area contributed by atoms with Crippen molar-refractivity contribution < 1.29 is 28.6 Å². The maximum atomic E-state index is 14.4. The molecule has 30 heavy (non-hydrogen) atoms. The molecule has 164 valence electrons. The van der Waals surface area contributed by atoms with Crippen molar-refractivity contribution >= 4 is 33.4 Å². The molecule has 1 aliphatic heterocycles. The summed E-state index contributed by atoms with van der Waals surface area (Å²) < 4.78 is 25.6. The van der Waals surface area contributed by atoms with Crippen LogP contribution in [0.2, 0.25) is 0 Å². The fraction of sp³-hybridized carbons (Fsp3) is 0.524. The number of aliphatic hydroxyl groups is 1. The first-order chi connectivity index (χ1) is 14.1. The number of carbonyl (C=O) groups excluding carboxylic acids is 2. The summed E-state index contributed by atoms with van der Waals surface area (Å²) in [5.41, 5.74) is -0.885. The summed E-state index contributed by atoms with van der Waals surface area (Å²) in [7, 11) is 1.49. The van der Waals surface area contributed by atoms with Gasteiger partial charge < -0.3 is 24.8 Å². The molecule has 0 aliphatic carbocycles. The van der Waals surface area contributed by atoms with Crippen molar-refractivity contribution in [3.63, 3.8) is 0 Å². The molecule has 7 nitrogen and oxygen atoms in total. The summed E-state index contributed by atoms with van der Waals surface area (Å²) >= 11 is 1.19. The second-order valence-corrected chi connectivity index (χ2v) is 9.55. The summed E-state index contributed by atoms with van der Waals surface area (Å²) in [6.45, 7) is 5.76. The molecule has 1 fully saturated rings. The van der Waals surface area contributed by atoms with E-state index in [4.69, 9.17) is 9.47 Å². The Morgan fingerprint density at radius 1 is 1.33 bits per heavy atom. The van der Waals surface area contributed by atoms with E-state index in [0.29, 0.717) is 20.5 Å². The zero-order chi connectivity index (χ0) is 22.1. The number of carbonyl (C=O) groups is 2. The third kappa shape index (κ3) is 4.58. The van der Waals surface area contributed by atoms with Gasteiger partial charge in [-0.15, -0.1) is 11.3 Å². The minimum absolute atomic E-state index is 0.0979. The largest absolute Gasteiger partial charge is 0.444 e. The molecule has 2 heterocycles. The van der Waals surface area contributed by atoms with Crippen molar-refractivity contribution in [2.24, 2.45) is 0 Å². The van der Waals surface area contributed by atoms with Crippen LogP contribution in [-0.4, -0.2) is 60.0 Å². The Morgan fingerprint density at radius 2 is 2.03 bits per heavy atom. The van der Waals surface area contributed by atoms with E-state index >= 15 is 0 Å². The summed E-state index contributed by atoms with van der Waals surface area (Å²) in [5.74, 6) is -0.778. The first kappa shape index (κ1) is 22.5. The van der Waals surface area contributed by atoms with Gasteiger partial charge >= 0.3 is 6.09 Å². The van der Waals surface area contributed by atoms with Gasteiger partial charge in [-0.05, 0) is 39.3 Å². The Bertz CT molecular complexity index is 947. The zero-order valence-corrected chi connectivity index (χ0v) is 18.4. The van der Waals surface area contributed by atoms with Gasteiger partial charge in [0.2, 0.25) is 0 Å². The molecule has 2 N–H and O–H groups in total. The number of halogens is 1. The monoisotopic (exact) mass is 438 g/mol. The van der Waals surface area contributed by atoms with Gasteiger partial charge in [0.1, 0.15) is 11.4 Å². The first-order valence-electron chi connectivity index (χ1n) is 9.69. The summed E-state index contributed by atoms with van der Waals surface area (Å²) in [6.07, 6.45) is -0.175. The normalized spacial score (nSPS) is 15.7. The third-order valence-electron chi connectivity index (χ3n) is 4.87. The highest BCUT2D eigenvalue weighted by molar-refractivity contribution is 7.21. The Kier molecular flexibility index (Phi) is 6.35. The second-order valence-electron chi connectivity index (χ2n) is 8.50. The number of benzene rings is 1. The molecule has 0 unspecified atom stereocenters. The number of hydrogen-bond acceptors (Lipinski definition) is 6. The van der Waals surface area contributed by atoms with Gasteiger partial charge in [0.05, 0.1) is 17.0 Å². The second kappa shape index (κ2) is 8.49. The lowest BCUT2D eigenvalue weighted by Crippen LogP contribution is -2.71. The van der Waals surface area contributed by atoms with Gasteiger partial charge in [0.25, 0.3) is 5.91 Å². The van der Waals surface area contributed by atoms with Crippen LogP contribution < -0.4 is 5.32 Å². The Morgan fingerprint density at radius 3 is 2.63 bits per heavy atom. The van der Waals surface area contributed by atoms with Crippen LogP contribution >= 0.6 is 11.3 Å². The van der Waals surface area contributed by atoms with Crippen molar-refractivity contribution in [1.82, 2.24) is 10.2 Å². The van der Waals surface area contributed by atoms with Gasteiger partial charge in [-0.1, -0.05) is 6.07 Å². The van der Waals surface area contributed by atoms with Crippen LogP contribution in [0, 0.1) is 5.82 Å². The van der Waals surface area contributed by atoms with E-state index < -0.39 is 23.1 Å². The van der Waals surface area contributed by atoms with Crippen LogP contribution in [-0.2, 0) is 16.1 Å². The summed E-state index contributed by atoms with van der Waals surface area (Å²) in [5, 5.41) is 12.8. The van der Waals surface area contributed by atoms with Crippen LogP contribution in [0.4, 0.5) is 9.18 Å². The number of thiophene rings is 1. The van der Waals surface area contributed by atoms with Crippen LogP contribution in [0.5, 0.6) is 0 Å². The number of ether oxygens (including phenoxy) is 2. The lowest BCUT2D eigenvalue weighted by Gasteiger charge is -2.50. The van der Waals surface area contributed by atoms with Crippen LogP contribution in [0.3, 0.4) is 0 Å². The average Bonchev–Trinajstić information content (AvgIpc) is 2.98. The quantitative estimate of drug-likeness (QED) is 0.723. The highest BCUT2D eigenvalue weighted by Gasteiger charge is 2.47. The summed E-state index contributed by atoms with van der Waals surface area (Å²) in [6, 6.07) is 4.72. The highest BCUT2D eigenvalue weighted by Crippen LogP contribution is 2.35. The lowest BCUT2D eigenvalue weighted by molar-refractivity contribution is -0.0209. The molecule has 0 atom stereocenters. The average molecular weight is 439 g/mol. The van der Waals surface area contributed by atoms with Crippen LogP contribution in [0.1, 0.15) is 42.4 Å². The van der Waals surface area contributed by atoms with Gasteiger partial charge in [0.15, 0.2) is 0 Å². The number of fused-ring (bicyclic) bond motifs is 1.